The Kier molecular flexibility index (Phi) is 7.48. The number of para-hydroxylation sites is 1. The number of hydrogen-bond donors (Lipinski definition) is 3. The summed E-state index contributed by atoms with van der Waals surface area (Å²) in [5.41, 5.74) is 2.34. The molecular formula is C26H27N3O5S. The third-order valence-electron chi connectivity index (χ3n) is 5.66. The predicted molar refractivity (Wildman–Crippen MR) is 134 cm³/mol. The predicted octanol–water partition coefficient (Wildman–Crippen LogP) is 3.96. The molecule has 0 bridgehead atoms. The molecule has 1 heterocycles. The molecule has 0 spiro atoms. The van der Waals surface area contributed by atoms with Crippen LogP contribution in [0.25, 0.3) is 0 Å². The second-order valence-electron chi connectivity index (χ2n) is 8.34. The smallest absolute Gasteiger partial charge is 0.261 e. The van der Waals surface area contributed by atoms with Crippen molar-refractivity contribution in [2.75, 3.05) is 23.2 Å². The van der Waals surface area contributed by atoms with Crippen LogP contribution in [0, 0.1) is 6.92 Å². The molecule has 1 aliphatic heterocycles. The highest BCUT2D eigenvalue weighted by Crippen LogP contribution is 2.20. The van der Waals surface area contributed by atoms with Crippen molar-refractivity contribution in [3.8, 4) is 0 Å². The number of carbonyl (C=O) groups excluding carboxylic acids is 2. The average Bonchev–Trinajstić information content (AvgIpc) is 3.37. The summed E-state index contributed by atoms with van der Waals surface area (Å²) in [6.45, 7) is 3.00. The van der Waals surface area contributed by atoms with Gasteiger partial charge in [-0.15, -0.1) is 0 Å². The highest BCUT2D eigenvalue weighted by Gasteiger charge is 2.19. The van der Waals surface area contributed by atoms with Crippen molar-refractivity contribution in [1.29, 1.82) is 0 Å². The van der Waals surface area contributed by atoms with E-state index < -0.39 is 15.9 Å². The summed E-state index contributed by atoms with van der Waals surface area (Å²) in [6, 6.07) is 19.3. The van der Waals surface area contributed by atoms with Crippen molar-refractivity contribution in [1.82, 2.24) is 5.32 Å². The van der Waals surface area contributed by atoms with Crippen LogP contribution < -0.4 is 15.4 Å². The molecule has 3 aromatic carbocycles. The van der Waals surface area contributed by atoms with Gasteiger partial charge in [-0.25, -0.2) is 8.42 Å². The number of sulfonamides is 1. The Morgan fingerprint density at radius 3 is 2.34 bits per heavy atom. The van der Waals surface area contributed by atoms with Gasteiger partial charge in [-0.2, -0.15) is 0 Å². The van der Waals surface area contributed by atoms with E-state index in [0.29, 0.717) is 35.7 Å². The van der Waals surface area contributed by atoms with Gasteiger partial charge in [0, 0.05) is 24.4 Å². The molecule has 182 valence electrons. The van der Waals surface area contributed by atoms with E-state index in [-0.39, 0.29) is 16.9 Å². The van der Waals surface area contributed by atoms with E-state index >= 15 is 0 Å². The molecule has 1 saturated heterocycles. The first kappa shape index (κ1) is 24.4. The second-order valence-corrected chi connectivity index (χ2v) is 10.0. The van der Waals surface area contributed by atoms with Gasteiger partial charge < -0.3 is 15.4 Å². The molecule has 0 saturated carbocycles. The number of anilines is 2. The van der Waals surface area contributed by atoms with Crippen LogP contribution in [0.15, 0.2) is 77.7 Å². The first-order chi connectivity index (χ1) is 16.8. The summed E-state index contributed by atoms with van der Waals surface area (Å²) in [4.78, 5) is 25.6. The number of carbonyl (C=O) groups is 2. The van der Waals surface area contributed by atoms with Gasteiger partial charge in [0.05, 0.1) is 22.3 Å². The molecule has 0 radical (unpaired) electrons. The van der Waals surface area contributed by atoms with Crippen molar-refractivity contribution < 1.29 is 22.7 Å². The Bertz CT molecular complexity index is 1300. The topological polar surface area (TPSA) is 114 Å². The molecule has 8 nitrogen and oxygen atoms in total. The van der Waals surface area contributed by atoms with Crippen LogP contribution in [-0.2, 0) is 14.8 Å². The SMILES string of the molecule is Cc1ccc(S(=O)(=O)Nc2ccc(C(=O)Nc3ccccc3C(=O)NC[C@H]3CCCO3)cc2)cc1. The molecule has 0 unspecified atom stereocenters. The van der Waals surface area contributed by atoms with Crippen molar-refractivity contribution in [2.45, 2.75) is 30.8 Å². The lowest BCUT2D eigenvalue weighted by Gasteiger charge is -2.14. The zero-order chi connectivity index (χ0) is 24.8. The first-order valence-corrected chi connectivity index (χ1v) is 12.8. The molecule has 1 atom stereocenters. The summed E-state index contributed by atoms with van der Waals surface area (Å²) in [6.07, 6.45) is 1.91. The third-order valence-corrected chi connectivity index (χ3v) is 7.06. The van der Waals surface area contributed by atoms with Crippen LogP contribution in [0.2, 0.25) is 0 Å². The average molecular weight is 494 g/mol. The first-order valence-electron chi connectivity index (χ1n) is 11.3. The lowest BCUT2D eigenvalue weighted by Crippen LogP contribution is -2.32. The maximum atomic E-state index is 12.8. The van der Waals surface area contributed by atoms with E-state index in [1.165, 1.54) is 36.4 Å². The molecule has 4 rings (SSSR count). The van der Waals surface area contributed by atoms with Gasteiger partial charge in [-0.1, -0.05) is 29.8 Å². The minimum absolute atomic E-state index is 0.0163. The largest absolute Gasteiger partial charge is 0.376 e. The number of nitrogens with one attached hydrogen (secondary N) is 3. The Morgan fingerprint density at radius 1 is 0.943 bits per heavy atom. The fraction of sp³-hybridized carbons (Fsp3) is 0.231. The highest BCUT2D eigenvalue weighted by atomic mass is 32.2. The molecule has 1 fully saturated rings. The van der Waals surface area contributed by atoms with Crippen LogP contribution in [0.5, 0.6) is 0 Å². The van der Waals surface area contributed by atoms with E-state index in [2.05, 4.69) is 15.4 Å². The van der Waals surface area contributed by atoms with Crippen molar-refractivity contribution >= 4 is 33.2 Å². The lowest BCUT2D eigenvalue weighted by atomic mass is 10.1. The maximum Gasteiger partial charge on any atom is 0.261 e. The Hall–Kier alpha value is -3.69. The van der Waals surface area contributed by atoms with Crippen molar-refractivity contribution in [3.63, 3.8) is 0 Å². The van der Waals surface area contributed by atoms with Gasteiger partial charge >= 0.3 is 0 Å². The van der Waals surface area contributed by atoms with E-state index in [1.54, 1.807) is 36.4 Å². The maximum absolute atomic E-state index is 12.8. The number of amides is 2. The summed E-state index contributed by atoms with van der Waals surface area (Å²) >= 11 is 0. The van der Waals surface area contributed by atoms with E-state index in [4.69, 9.17) is 4.74 Å². The minimum atomic E-state index is -3.74. The zero-order valence-corrected chi connectivity index (χ0v) is 20.1. The van der Waals surface area contributed by atoms with Gasteiger partial charge in [0.1, 0.15) is 0 Å². The fourth-order valence-corrected chi connectivity index (χ4v) is 4.77. The second kappa shape index (κ2) is 10.7. The summed E-state index contributed by atoms with van der Waals surface area (Å²) in [5.74, 6) is -0.713. The van der Waals surface area contributed by atoms with Crippen LogP contribution in [0.1, 0.15) is 39.1 Å². The Morgan fingerprint density at radius 2 is 1.66 bits per heavy atom. The van der Waals surface area contributed by atoms with Gasteiger partial charge in [-0.3, -0.25) is 14.3 Å². The monoisotopic (exact) mass is 493 g/mol. The lowest BCUT2D eigenvalue weighted by molar-refractivity contribution is 0.0858. The molecular weight excluding hydrogens is 466 g/mol. The molecule has 0 aliphatic carbocycles. The molecule has 0 aromatic heterocycles. The van der Waals surface area contributed by atoms with Crippen molar-refractivity contribution in [2.24, 2.45) is 0 Å². The molecule has 1 aliphatic rings. The van der Waals surface area contributed by atoms with Crippen LogP contribution in [-0.4, -0.2) is 39.5 Å². The van der Waals surface area contributed by atoms with Crippen LogP contribution in [0.4, 0.5) is 11.4 Å². The quantitative estimate of drug-likeness (QED) is 0.440. The summed E-state index contributed by atoms with van der Waals surface area (Å²) in [7, 11) is -3.74. The van der Waals surface area contributed by atoms with Gasteiger partial charge in [0.25, 0.3) is 21.8 Å². The summed E-state index contributed by atoms with van der Waals surface area (Å²) < 4.78 is 33.2. The van der Waals surface area contributed by atoms with E-state index in [1.807, 2.05) is 6.92 Å². The molecule has 3 N–H and O–H groups in total. The molecule has 2 amide bonds. The number of aryl methyl sites for hydroxylation is 1. The molecule has 9 heteroatoms. The van der Waals surface area contributed by atoms with Crippen LogP contribution >= 0.6 is 0 Å². The number of benzene rings is 3. The number of rotatable bonds is 8. The zero-order valence-electron chi connectivity index (χ0n) is 19.3. The number of hydrogen-bond acceptors (Lipinski definition) is 5. The van der Waals surface area contributed by atoms with Crippen LogP contribution in [0.3, 0.4) is 0 Å². The van der Waals surface area contributed by atoms with Gasteiger partial charge in [0.2, 0.25) is 0 Å². The van der Waals surface area contributed by atoms with Gasteiger partial charge in [-0.05, 0) is 68.3 Å². The molecule has 35 heavy (non-hydrogen) atoms. The van der Waals surface area contributed by atoms with Gasteiger partial charge in [0.15, 0.2) is 0 Å². The van der Waals surface area contributed by atoms with Crippen molar-refractivity contribution in [3.05, 3.63) is 89.5 Å². The fourth-order valence-electron chi connectivity index (χ4n) is 3.71. The molecule has 3 aromatic rings. The normalized spacial score (nSPS) is 15.4. The standard InChI is InChI=1S/C26H27N3O5S/c1-18-8-14-22(15-9-18)35(32,33)29-20-12-10-19(11-13-20)25(30)28-24-7-3-2-6-23(24)26(31)27-17-21-5-4-16-34-21/h2-3,6-15,21,29H,4-5,16-17H2,1H3,(H,27,31)(H,28,30)/t21-/m1/s1. The Balaban J connectivity index is 1.40. The third kappa shape index (κ3) is 6.26. The Labute approximate surface area is 204 Å². The summed E-state index contributed by atoms with van der Waals surface area (Å²) in [5, 5.41) is 5.62. The van der Waals surface area contributed by atoms with E-state index in [9.17, 15) is 18.0 Å². The minimum Gasteiger partial charge on any atom is -0.376 e. The highest BCUT2D eigenvalue weighted by molar-refractivity contribution is 7.92. The number of ether oxygens (including phenoxy) is 1. The van der Waals surface area contributed by atoms with E-state index in [0.717, 1.165) is 18.4 Å².